The standard InChI is InChI=1S/C14H18N2O5/c1-16(10-5-6-21-8-10)14(19)15-11-7-9(13(17)18)3-4-12(11)20-2/h3-4,7,10H,5-6,8H2,1-2H3,(H,15,19)(H,17,18). The van der Waals surface area contributed by atoms with Gasteiger partial charge in [-0.1, -0.05) is 0 Å². The Hall–Kier alpha value is -2.28. The molecule has 0 bridgehead atoms. The number of aromatic carboxylic acids is 1. The van der Waals surface area contributed by atoms with E-state index < -0.39 is 5.97 Å². The SMILES string of the molecule is COc1ccc(C(=O)O)cc1NC(=O)N(C)C1CCOC1. The molecule has 0 spiro atoms. The predicted octanol–water partition coefficient (Wildman–Crippen LogP) is 1.65. The van der Waals surface area contributed by atoms with Crippen molar-refractivity contribution in [2.45, 2.75) is 12.5 Å². The maximum Gasteiger partial charge on any atom is 0.335 e. The van der Waals surface area contributed by atoms with Crippen LogP contribution in [0.15, 0.2) is 18.2 Å². The highest BCUT2D eigenvalue weighted by Crippen LogP contribution is 2.26. The second-order valence-corrected chi connectivity index (χ2v) is 4.78. The van der Waals surface area contributed by atoms with E-state index >= 15 is 0 Å². The van der Waals surface area contributed by atoms with Crippen LogP contribution in [-0.2, 0) is 4.74 Å². The molecular weight excluding hydrogens is 276 g/mol. The molecule has 1 aliphatic heterocycles. The number of benzene rings is 1. The first-order chi connectivity index (χ1) is 10.0. The molecule has 1 fully saturated rings. The Morgan fingerprint density at radius 2 is 2.24 bits per heavy atom. The van der Waals surface area contributed by atoms with Crippen LogP contribution < -0.4 is 10.1 Å². The third-order valence-electron chi connectivity index (χ3n) is 3.46. The number of anilines is 1. The molecule has 0 saturated carbocycles. The lowest BCUT2D eigenvalue weighted by Crippen LogP contribution is -2.40. The van der Waals surface area contributed by atoms with Gasteiger partial charge in [0.1, 0.15) is 5.75 Å². The number of hydrogen-bond acceptors (Lipinski definition) is 4. The number of amides is 2. The van der Waals surface area contributed by atoms with Crippen molar-refractivity contribution in [1.82, 2.24) is 4.90 Å². The summed E-state index contributed by atoms with van der Waals surface area (Å²) in [5.74, 6) is -0.657. The van der Waals surface area contributed by atoms with E-state index in [0.717, 1.165) is 6.42 Å². The molecule has 7 nitrogen and oxygen atoms in total. The smallest absolute Gasteiger partial charge is 0.335 e. The van der Waals surface area contributed by atoms with E-state index in [0.29, 0.717) is 24.7 Å². The van der Waals surface area contributed by atoms with Crippen LogP contribution in [-0.4, -0.2) is 55.4 Å². The Kier molecular flexibility index (Phi) is 4.64. The molecule has 1 aromatic carbocycles. The topological polar surface area (TPSA) is 88.1 Å². The molecule has 114 valence electrons. The third-order valence-corrected chi connectivity index (χ3v) is 3.46. The minimum absolute atomic E-state index is 0.0265. The number of carbonyl (C=O) groups excluding carboxylic acids is 1. The molecule has 0 aliphatic carbocycles. The summed E-state index contributed by atoms with van der Waals surface area (Å²) in [7, 11) is 3.14. The van der Waals surface area contributed by atoms with Crippen molar-refractivity contribution in [2.75, 3.05) is 32.7 Å². The van der Waals surface area contributed by atoms with E-state index in [1.165, 1.54) is 25.3 Å². The van der Waals surface area contributed by atoms with Crippen molar-refractivity contribution in [3.63, 3.8) is 0 Å². The fourth-order valence-electron chi connectivity index (χ4n) is 2.14. The van der Waals surface area contributed by atoms with Crippen molar-refractivity contribution >= 4 is 17.7 Å². The van der Waals surface area contributed by atoms with E-state index in [1.54, 1.807) is 11.9 Å². The molecule has 1 unspecified atom stereocenters. The zero-order valence-corrected chi connectivity index (χ0v) is 12.0. The van der Waals surface area contributed by atoms with Crippen molar-refractivity contribution in [3.8, 4) is 5.75 Å². The van der Waals surface area contributed by atoms with E-state index in [4.69, 9.17) is 14.6 Å². The van der Waals surface area contributed by atoms with Crippen molar-refractivity contribution < 1.29 is 24.2 Å². The maximum atomic E-state index is 12.2. The van der Waals surface area contributed by atoms with Crippen molar-refractivity contribution in [1.29, 1.82) is 0 Å². The number of likely N-dealkylation sites (N-methyl/N-ethyl adjacent to an activating group) is 1. The number of carbonyl (C=O) groups is 2. The summed E-state index contributed by atoms with van der Waals surface area (Å²) in [6.45, 7) is 1.15. The Labute approximate surface area is 122 Å². The van der Waals surface area contributed by atoms with Gasteiger partial charge in [-0.15, -0.1) is 0 Å². The molecule has 1 saturated heterocycles. The third kappa shape index (κ3) is 3.43. The van der Waals surface area contributed by atoms with Gasteiger partial charge in [0, 0.05) is 13.7 Å². The minimum atomic E-state index is -1.06. The molecular formula is C14H18N2O5. The second-order valence-electron chi connectivity index (χ2n) is 4.78. The van der Waals surface area contributed by atoms with E-state index in [2.05, 4.69) is 5.32 Å². The molecule has 2 N–H and O–H groups in total. The molecule has 2 amide bonds. The van der Waals surface area contributed by atoms with Gasteiger partial charge < -0.3 is 24.8 Å². The summed E-state index contributed by atoms with van der Waals surface area (Å²) in [6, 6.07) is 4.01. The lowest BCUT2D eigenvalue weighted by Gasteiger charge is -2.24. The monoisotopic (exact) mass is 294 g/mol. The summed E-state index contributed by atoms with van der Waals surface area (Å²) in [5, 5.41) is 11.7. The summed E-state index contributed by atoms with van der Waals surface area (Å²) in [4.78, 5) is 24.8. The van der Waals surface area contributed by atoms with Crippen LogP contribution in [0, 0.1) is 0 Å². The molecule has 1 aliphatic rings. The fourth-order valence-corrected chi connectivity index (χ4v) is 2.14. The first-order valence-electron chi connectivity index (χ1n) is 6.56. The normalized spacial score (nSPS) is 17.3. The number of nitrogens with one attached hydrogen (secondary N) is 1. The van der Waals surface area contributed by atoms with Crippen LogP contribution in [0.1, 0.15) is 16.8 Å². The highest BCUT2D eigenvalue weighted by Gasteiger charge is 2.24. The highest BCUT2D eigenvalue weighted by molar-refractivity contribution is 5.94. The van der Waals surface area contributed by atoms with Crippen molar-refractivity contribution in [2.24, 2.45) is 0 Å². The van der Waals surface area contributed by atoms with Crippen LogP contribution in [0.2, 0.25) is 0 Å². The van der Waals surface area contributed by atoms with Gasteiger partial charge in [-0.05, 0) is 24.6 Å². The number of ether oxygens (including phenoxy) is 2. The molecule has 1 heterocycles. The molecule has 1 atom stereocenters. The van der Waals surface area contributed by atoms with Gasteiger partial charge >= 0.3 is 12.0 Å². The average Bonchev–Trinajstić information content (AvgIpc) is 3.00. The van der Waals surface area contributed by atoms with Gasteiger partial charge in [0.2, 0.25) is 0 Å². The second kappa shape index (κ2) is 6.45. The zero-order valence-electron chi connectivity index (χ0n) is 12.0. The van der Waals surface area contributed by atoms with Crippen LogP contribution in [0.5, 0.6) is 5.75 Å². The number of urea groups is 1. The molecule has 2 rings (SSSR count). The van der Waals surface area contributed by atoms with Crippen LogP contribution in [0.25, 0.3) is 0 Å². The van der Waals surface area contributed by atoms with E-state index in [9.17, 15) is 9.59 Å². The Morgan fingerprint density at radius 1 is 1.48 bits per heavy atom. The summed E-state index contributed by atoms with van der Waals surface area (Å²) >= 11 is 0. The highest BCUT2D eigenvalue weighted by atomic mass is 16.5. The Morgan fingerprint density at radius 3 is 2.81 bits per heavy atom. The largest absolute Gasteiger partial charge is 0.495 e. The van der Waals surface area contributed by atoms with Gasteiger partial charge in [0.25, 0.3) is 0 Å². The first kappa shape index (κ1) is 15.1. The van der Waals surface area contributed by atoms with Gasteiger partial charge in [-0.2, -0.15) is 0 Å². The summed E-state index contributed by atoms with van der Waals surface area (Å²) in [5.41, 5.74) is 0.408. The molecule has 7 heteroatoms. The minimum Gasteiger partial charge on any atom is -0.495 e. The number of carboxylic acid groups (broad SMARTS) is 1. The van der Waals surface area contributed by atoms with Gasteiger partial charge in [-0.3, -0.25) is 0 Å². The van der Waals surface area contributed by atoms with Gasteiger partial charge in [0.05, 0.1) is 31.0 Å². The predicted molar refractivity (Wildman–Crippen MR) is 76.0 cm³/mol. The molecule has 21 heavy (non-hydrogen) atoms. The van der Waals surface area contributed by atoms with Crippen LogP contribution in [0.3, 0.4) is 0 Å². The Balaban J connectivity index is 2.15. The number of rotatable bonds is 4. The van der Waals surface area contributed by atoms with Crippen LogP contribution >= 0.6 is 0 Å². The Bertz CT molecular complexity index is 540. The molecule has 1 aromatic rings. The lowest BCUT2D eigenvalue weighted by molar-refractivity contribution is 0.0697. The number of hydrogen-bond donors (Lipinski definition) is 2. The quantitative estimate of drug-likeness (QED) is 0.881. The van der Waals surface area contributed by atoms with Crippen molar-refractivity contribution in [3.05, 3.63) is 23.8 Å². The average molecular weight is 294 g/mol. The number of nitrogens with zero attached hydrogens (tertiary/aromatic N) is 1. The zero-order chi connectivity index (χ0) is 15.4. The first-order valence-corrected chi connectivity index (χ1v) is 6.56. The molecule has 0 radical (unpaired) electrons. The molecule has 0 aromatic heterocycles. The number of carboxylic acids is 1. The number of methoxy groups -OCH3 is 1. The van der Waals surface area contributed by atoms with E-state index in [1.807, 2.05) is 0 Å². The summed E-state index contributed by atoms with van der Waals surface area (Å²) in [6.07, 6.45) is 0.788. The maximum absolute atomic E-state index is 12.2. The fraction of sp³-hybridized carbons (Fsp3) is 0.429. The van der Waals surface area contributed by atoms with E-state index in [-0.39, 0.29) is 17.6 Å². The van der Waals surface area contributed by atoms with Crippen LogP contribution in [0.4, 0.5) is 10.5 Å². The van der Waals surface area contributed by atoms with Gasteiger partial charge in [0.15, 0.2) is 0 Å². The summed E-state index contributed by atoms with van der Waals surface area (Å²) < 4.78 is 10.4. The lowest BCUT2D eigenvalue weighted by atomic mass is 10.2. The van der Waals surface area contributed by atoms with Gasteiger partial charge in [-0.25, -0.2) is 9.59 Å².